The number of nitrogens with zero attached hydrogens (tertiary/aromatic N) is 6. The second-order valence-electron chi connectivity index (χ2n) is 13.3. The number of imidazole rings is 1. The molecule has 3 saturated heterocycles. The molecule has 2 aromatic heterocycles. The zero-order valence-electron chi connectivity index (χ0n) is 27.1. The number of ether oxygens (including phenoxy) is 1. The van der Waals surface area contributed by atoms with Crippen molar-refractivity contribution >= 4 is 65.8 Å². The van der Waals surface area contributed by atoms with Crippen LogP contribution in [-0.2, 0) is 16.0 Å². The Hall–Kier alpha value is -3.26. The fraction of sp³-hybridized carbons (Fsp3) is 0.486. The van der Waals surface area contributed by atoms with Crippen LogP contribution in [0.4, 0.5) is 4.79 Å². The smallest absolute Gasteiger partial charge is 0.410 e. The maximum atomic E-state index is 14.0. The predicted molar refractivity (Wildman–Crippen MR) is 192 cm³/mol. The molecule has 3 fully saturated rings. The van der Waals surface area contributed by atoms with Gasteiger partial charge in [-0.15, -0.1) is 0 Å². The second-order valence-corrected chi connectivity index (χ2v) is 15.0. The van der Waals surface area contributed by atoms with Crippen LogP contribution in [0.1, 0.15) is 37.3 Å². The van der Waals surface area contributed by atoms with Gasteiger partial charge in [0.15, 0.2) is 6.10 Å². The number of piperazine rings is 1. The third-order valence-electron chi connectivity index (χ3n) is 10.3. The molecular weight excluding hydrogens is 742 g/mol. The topological polar surface area (TPSA) is 107 Å². The summed E-state index contributed by atoms with van der Waals surface area (Å²) in [7, 11) is 2.16. The standard InChI is InChI=1S/C35H41Br2N7O4/c1-40-16-18-41(19-17-40)24-8-12-42(13-9-24)33(45)31(21-23-6-7-27(36)28(37)20-23)48-35(47)43-14-10-25(11-15-43)44-30-22-38-29-5-3-2-4-26(29)32(30)39-34(44)46/h2-7,20,22,24-25,31H,8-19,21H2,1H3,(H,39,46)/t31-/m1/s1. The van der Waals surface area contributed by atoms with E-state index in [-0.39, 0.29) is 24.1 Å². The normalized spacial score (nSPS) is 19.6. The number of carbonyl (C=O) groups is 2. The lowest BCUT2D eigenvalue weighted by Gasteiger charge is -2.42. The molecular formula is C35H41Br2N7O4. The molecule has 0 spiro atoms. The first-order chi connectivity index (χ1) is 23.2. The number of nitrogens with one attached hydrogen (secondary N) is 1. The molecule has 3 aliphatic heterocycles. The van der Waals surface area contributed by atoms with E-state index in [9.17, 15) is 14.4 Å². The predicted octanol–water partition coefficient (Wildman–Crippen LogP) is 5.03. The van der Waals surface area contributed by atoms with Crippen molar-refractivity contribution in [3.63, 3.8) is 0 Å². The number of H-pyrrole nitrogens is 1. The Morgan fingerprint density at radius 1 is 0.896 bits per heavy atom. The van der Waals surface area contributed by atoms with Gasteiger partial charge in [-0.1, -0.05) is 24.3 Å². The van der Waals surface area contributed by atoms with Gasteiger partial charge in [-0.2, -0.15) is 0 Å². The summed E-state index contributed by atoms with van der Waals surface area (Å²) in [5.41, 5.74) is 3.10. The van der Waals surface area contributed by atoms with Gasteiger partial charge in [0.25, 0.3) is 5.91 Å². The summed E-state index contributed by atoms with van der Waals surface area (Å²) in [5.74, 6) is -0.140. The van der Waals surface area contributed by atoms with Crippen LogP contribution in [0.2, 0.25) is 0 Å². The first-order valence-electron chi connectivity index (χ1n) is 16.8. The number of piperidine rings is 2. The number of fused-ring (bicyclic) bond motifs is 3. The van der Waals surface area contributed by atoms with E-state index in [0.717, 1.165) is 75.5 Å². The molecule has 0 aliphatic carbocycles. The van der Waals surface area contributed by atoms with Crippen molar-refractivity contribution in [2.75, 3.05) is 59.4 Å². The van der Waals surface area contributed by atoms with Crippen molar-refractivity contribution in [2.45, 2.75) is 50.3 Å². The molecule has 13 heteroatoms. The van der Waals surface area contributed by atoms with Crippen LogP contribution in [-0.4, -0.2) is 118 Å². The number of aromatic amines is 1. The zero-order chi connectivity index (χ0) is 33.4. The molecule has 0 bridgehead atoms. The van der Waals surface area contributed by atoms with Gasteiger partial charge in [0, 0.05) is 85.2 Å². The SMILES string of the molecule is CN1CCN(C2CCN(C(=O)[C@@H](Cc3ccc(Br)c(Br)c3)OC(=O)N3CCC(n4c(=O)[nH]c5c6ccccc6ncc54)CC3)CC2)CC1. The monoisotopic (exact) mass is 781 g/mol. The summed E-state index contributed by atoms with van der Waals surface area (Å²) >= 11 is 7.09. The second kappa shape index (κ2) is 14.3. The Labute approximate surface area is 296 Å². The first kappa shape index (κ1) is 33.2. The number of likely N-dealkylation sites (N-methyl/N-ethyl adjacent to an activating group) is 1. The molecule has 11 nitrogen and oxygen atoms in total. The summed E-state index contributed by atoms with van der Waals surface area (Å²) in [6.07, 6.45) is 3.64. The van der Waals surface area contributed by atoms with Crippen molar-refractivity contribution in [3.05, 3.63) is 73.7 Å². The number of pyridine rings is 1. The van der Waals surface area contributed by atoms with Gasteiger partial charge in [-0.25, -0.2) is 9.59 Å². The summed E-state index contributed by atoms with van der Waals surface area (Å²) in [5, 5.41) is 0.906. The van der Waals surface area contributed by atoms with Gasteiger partial charge < -0.3 is 24.4 Å². The lowest BCUT2D eigenvalue weighted by Crippen LogP contribution is -2.54. The zero-order valence-corrected chi connectivity index (χ0v) is 30.3. The Balaban J connectivity index is 1.02. The van der Waals surface area contributed by atoms with E-state index in [1.54, 1.807) is 15.7 Å². The Kier molecular flexibility index (Phi) is 9.91. The Morgan fingerprint density at radius 3 is 2.31 bits per heavy atom. The first-order valence-corrected chi connectivity index (χ1v) is 18.4. The van der Waals surface area contributed by atoms with Crippen LogP contribution in [0.15, 0.2) is 62.4 Å². The molecule has 4 aromatic rings. The van der Waals surface area contributed by atoms with E-state index < -0.39 is 12.2 Å². The van der Waals surface area contributed by atoms with Crippen molar-refractivity contribution < 1.29 is 14.3 Å². The van der Waals surface area contributed by atoms with Gasteiger partial charge in [0.2, 0.25) is 0 Å². The van der Waals surface area contributed by atoms with E-state index >= 15 is 0 Å². The van der Waals surface area contributed by atoms with Crippen LogP contribution in [0.25, 0.3) is 21.9 Å². The summed E-state index contributed by atoms with van der Waals surface area (Å²) in [4.78, 5) is 56.8. The molecule has 1 atom stereocenters. The van der Waals surface area contributed by atoms with Crippen LogP contribution in [0, 0.1) is 0 Å². The highest BCUT2D eigenvalue weighted by Crippen LogP contribution is 2.29. The summed E-state index contributed by atoms with van der Waals surface area (Å²) in [6, 6.07) is 14.0. The molecule has 254 valence electrons. The van der Waals surface area contributed by atoms with Crippen LogP contribution in [0.5, 0.6) is 0 Å². The van der Waals surface area contributed by atoms with Crippen molar-refractivity contribution in [1.29, 1.82) is 0 Å². The van der Waals surface area contributed by atoms with Crippen molar-refractivity contribution in [3.8, 4) is 0 Å². The number of hydrogen-bond acceptors (Lipinski definition) is 7. The molecule has 0 radical (unpaired) electrons. The van der Waals surface area contributed by atoms with E-state index in [2.05, 4.69) is 58.7 Å². The van der Waals surface area contributed by atoms with E-state index in [0.29, 0.717) is 45.1 Å². The molecule has 2 amide bonds. The number of carbonyl (C=O) groups excluding carboxylic acids is 2. The Bertz CT molecular complexity index is 1850. The molecule has 5 heterocycles. The molecule has 48 heavy (non-hydrogen) atoms. The minimum atomic E-state index is -0.931. The fourth-order valence-corrected chi connectivity index (χ4v) is 8.16. The average Bonchev–Trinajstić information content (AvgIpc) is 3.46. The largest absolute Gasteiger partial charge is 0.436 e. The number of halogens is 2. The number of amides is 2. The lowest BCUT2D eigenvalue weighted by molar-refractivity contribution is -0.142. The number of aromatic nitrogens is 3. The van der Waals surface area contributed by atoms with Gasteiger partial charge >= 0.3 is 11.8 Å². The van der Waals surface area contributed by atoms with Crippen LogP contribution >= 0.6 is 31.9 Å². The van der Waals surface area contributed by atoms with Gasteiger partial charge in [-0.05, 0) is 88.4 Å². The number of benzene rings is 2. The number of rotatable bonds is 6. The van der Waals surface area contributed by atoms with Gasteiger partial charge in [-0.3, -0.25) is 19.2 Å². The van der Waals surface area contributed by atoms with Gasteiger partial charge in [0.1, 0.15) is 0 Å². The minimum absolute atomic E-state index is 0.0857. The number of hydrogen-bond donors (Lipinski definition) is 1. The highest BCUT2D eigenvalue weighted by atomic mass is 79.9. The number of para-hydroxylation sites is 1. The average molecular weight is 784 g/mol. The molecule has 0 unspecified atom stereocenters. The maximum absolute atomic E-state index is 14.0. The van der Waals surface area contributed by atoms with Crippen LogP contribution < -0.4 is 5.69 Å². The molecule has 2 aromatic carbocycles. The maximum Gasteiger partial charge on any atom is 0.410 e. The third kappa shape index (κ3) is 6.92. The number of likely N-dealkylation sites (tertiary alicyclic amines) is 2. The summed E-state index contributed by atoms with van der Waals surface area (Å²) < 4.78 is 9.64. The highest BCUT2D eigenvalue weighted by molar-refractivity contribution is 9.13. The highest BCUT2D eigenvalue weighted by Gasteiger charge is 2.35. The minimum Gasteiger partial charge on any atom is -0.436 e. The molecule has 0 saturated carbocycles. The molecule has 3 aliphatic rings. The Morgan fingerprint density at radius 2 is 1.58 bits per heavy atom. The molecule has 7 rings (SSSR count). The fourth-order valence-electron chi connectivity index (χ4n) is 7.49. The van der Waals surface area contributed by atoms with E-state index in [1.807, 2.05) is 47.4 Å². The van der Waals surface area contributed by atoms with Crippen LogP contribution in [0.3, 0.4) is 0 Å². The van der Waals surface area contributed by atoms with E-state index in [4.69, 9.17) is 4.74 Å². The summed E-state index contributed by atoms with van der Waals surface area (Å²) in [6.45, 7) is 6.43. The molecule has 1 N–H and O–H groups in total. The third-order valence-corrected chi connectivity index (χ3v) is 12.2. The lowest BCUT2D eigenvalue weighted by atomic mass is 10.0. The van der Waals surface area contributed by atoms with Gasteiger partial charge in [0.05, 0.1) is 22.7 Å². The quantitative estimate of drug-likeness (QED) is 0.293. The van der Waals surface area contributed by atoms with Crippen molar-refractivity contribution in [2.24, 2.45) is 0 Å². The van der Waals surface area contributed by atoms with Crippen molar-refractivity contribution in [1.82, 2.24) is 34.1 Å². The van der Waals surface area contributed by atoms with E-state index in [1.165, 1.54) is 0 Å².